The molecule has 3 N–H and O–H groups in total. The fourth-order valence-electron chi connectivity index (χ4n) is 1.56. The molecule has 0 bridgehead atoms. The number of halogens is 4. The molecule has 4 nitrogen and oxygen atoms in total. The lowest BCUT2D eigenvalue weighted by molar-refractivity contribution is -0.153. The van der Waals surface area contributed by atoms with Crippen LogP contribution >= 0.6 is 15.9 Å². The van der Waals surface area contributed by atoms with E-state index in [0.717, 1.165) is 0 Å². The highest BCUT2D eigenvalue weighted by molar-refractivity contribution is 9.10. The van der Waals surface area contributed by atoms with Crippen LogP contribution in [-0.2, 0) is 4.79 Å². The molecule has 1 aromatic carbocycles. The van der Waals surface area contributed by atoms with Gasteiger partial charge in [0.25, 0.3) is 0 Å². The normalized spacial score (nSPS) is 18.5. The lowest BCUT2D eigenvalue weighted by Gasteiger charge is -2.12. The van der Waals surface area contributed by atoms with Crippen molar-refractivity contribution in [2.45, 2.75) is 12.2 Å². The maximum absolute atomic E-state index is 12.0. The summed E-state index contributed by atoms with van der Waals surface area (Å²) in [5.41, 5.74) is 6.49. The molecule has 1 aliphatic rings. The van der Waals surface area contributed by atoms with Crippen molar-refractivity contribution in [1.29, 1.82) is 0 Å². The largest absolute Gasteiger partial charge is 0.483 e. The molecule has 1 atom stereocenters. The highest BCUT2D eigenvalue weighted by atomic mass is 79.9. The summed E-state index contributed by atoms with van der Waals surface area (Å²) in [6.07, 6.45) is -4.42. The van der Waals surface area contributed by atoms with Crippen molar-refractivity contribution in [1.82, 2.24) is 0 Å². The predicted octanol–water partition coefficient (Wildman–Crippen LogP) is 2.34. The summed E-state index contributed by atoms with van der Waals surface area (Å²) in [5.74, 6) is -0.398. The van der Waals surface area contributed by atoms with Crippen LogP contribution in [0.4, 0.5) is 18.9 Å². The van der Waals surface area contributed by atoms with Crippen LogP contribution in [0.15, 0.2) is 16.6 Å². The van der Waals surface area contributed by atoms with Gasteiger partial charge < -0.3 is 15.8 Å². The van der Waals surface area contributed by atoms with E-state index in [1.165, 1.54) is 12.1 Å². The van der Waals surface area contributed by atoms with Crippen LogP contribution in [0.5, 0.6) is 5.75 Å². The molecule has 0 fully saturated rings. The zero-order chi connectivity index (χ0) is 13.5. The van der Waals surface area contributed by atoms with Crippen LogP contribution < -0.4 is 15.8 Å². The van der Waals surface area contributed by atoms with E-state index >= 15 is 0 Å². The zero-order valence-electron chi connectivity index (χ0n) is 8.84. The van der Waals surface area contributed by atoms with Crippen LogP contribution in [0.1, 0.15) is 11.6 Å². The summed E-state index contributed by atoms with van der Waals surface area (Å²) in [4.78, 5) is 11.3. The number of rotatable bonds is 2. The minimum Gasteiger partial charge on any atom is -0.483 e. The number of anilines is 1. The Labute approximate surface area is 108 Å². The summed E-state index contributed by atoms with van der Waals surface area (Å²) in [6, 6.07) is 1.98. The molecular weight excluding hydrogens is 317 g/mol. The Kier molecular flexibility index (Phi) is 3.24. The van der Waals surface area contributed by atoms with Crippen LogP contribution in [-0.4, -0.2) is 18.7 Å². The van der Waals surface area contributed by atoms with E-state index < -0.39 is 24.7 Å². The van der Waals surface area contributed by atoms with Crippen LogP contribution in [0.25, 0.3) is 0 Å². The molecule has 0 saturated heterocycles. The smallest absolute Gasteiger partial charge is 0.422 e. The molecule has 1 heterocycles. The third kappa shape index (κ3) is 2.59. The van der Waals surface area contributed by atoms with Crippen molar-refractivity contribution >= 4 is 27.5 Å². The maximum atomic E-state index is 12.0. The van der Waals surface area contributed by atoms with Crippen LogP contribution in [0, 0.1) is 0 Å². The first-order chi connectivity index (χ1) is 8.28. The Morgan fingerprint density at radius 2 is 2.11 bits per heavy atom. The molecular formula is C10H8BrF3N2O2. The van der Waals surface area contributed by atoms with E-state index in [9.17, 15) is 18.0 Å². The third-order valence-electron chi connectivity index (χ3n) is 2.37. The van der Waals surface area contributed by atoms with Crippen molar-refractivity contribution < 1.29 is 22.7 Å². The number of benzene rings is 1. The van der Waals surface area contributed by atoms with Gasteiger partial charge >= 0.3 is 6.18 Å². The lowest BCUT2D eigenvalue weighted by Crippen LogP contribution is -2.19. The average Bonchev–Trinajstić information content (AvgIpc) is 2.51. The summed E-state index contributed by atoms with van der Waals surface area (Å²) in [5, 5.41) is 2.47. The van der Waals surface area contributed by atoms with Gasteiger partial charge in [-0.15, -0.1) is 0 Å². The molecule has 0 aliphatic carbocycles. The van der Waals surface area contributed by atoms with Crippen molar-refractivity contribution in [2.24, 2.45) is 5.73 Å². The number of fused-ring (bicyclic) bond motifs is 1. The zero-order valence-corrected chi connectivity index (χ0v) is 10.4. The number of carbonyl (C=O) groups is 1. The molecule has 98 valence electrons. The van der Waals surface area contributed by atoms with Gasteiger partial charge in [-0.2, -0.15) is 13.2 Å². The van der Waals surface area contributed by atoms with E-state index in [0.29, 0.717) is 15.7 Å². The number of ether oxygens (including phenoxy) is 1. The fourth-order valence-corrected chi connectivity index (χ4v) is 2.03. The Morgan fingerprint density at radius 1 is 1.44 bits per heavy atom. The van der Waals surface area contributed by atoms with Crippen LogP contribution in [0.2, 0.25) is 0 Å². The molecule has 1 amide bonds. The molecule has 0 saturated carbocycles. The minimum atomic E-state index is -4.42. The van der Waals surface area contributed by atoms with E-state index in [4.69, 9.17) is 5.73 Å². The van der Waals surface area contributed by atoms with Gasteiger partial charge in [-0.1, -0.05) is 0 Å². The van der Waals surface area contributed by atoms with Gasteiger partial charge in [-0.3, -0.25) is 4.79 Å². The van der Waals surface area contributed by atoms with Crippen molar-refractivity contribution in [3.05, 3.63) is 22.2 Å². The number of hydrogen-bond donors (Lipinski definition) is 2. The van der Waals surface area contributed by atoms with E-state index in [1.807, 2.05) is 0 Å². The molecule has 1 aliphatic heterocycles. The van der Waals surface area contributed by atoms with Gasteiger partial charge in [-0.05, 0) is 22.0 Å². The molecule has 0 spiro atoms. The van der Waals surface area contributed by atoms with E-state index in [1.54, 1.807) is 0 Å². The van der Waals surface area contributed by atoms with Crippen LogP contribution in [0.3, 0.4) is 0 Å². The Morgan fingerprint density at radius 3 is 2.72 bits per heavy atom. The van der Waals surface area contributed by atoms with Gasteiger partial charge in [0.2, 0.25) is 5.91 Å². The van der Waals surface area contributed by atoms with Gasteiger partial charge in [0.15, 0.2) is 6.61 Å². The Balaban J connectivity index is 2.25. The molecule has 1 unspecified atom stereocenters. The number of carbonyl (C=O) groups excluding carboxylic acids is 1. The first kappa shape index (κ1) is 13.2. The molecule has 0 aromatic heterocycles. The molecule has 18 heavy (non-hydrogen) atoms. The van der Waals surface area contributed by atoms with Gasteiger partial charge in [0.05, 0.1) is 4.47 Å². The lowest BCUT2D eigenvalue weighted by atomic mass is 10.1. The van der Waals surface area contributed by atoms with Gasteiger partial charge in [0.1, 0.15) is 11.8 Å². The van der Waals surface area contributed by atoms with Crippen molar-refractivity contribution in [3.63, 3.8) is 0 Å². The SMILES string of the molecule is NC1C(=O)Nc2cc(OCC(F)(F)F)c(Br)cc21. The van der Waals surface area contributed by atoms with Crippen molar-refractivity contribution in [2.75, 3.05) is 11.9 Å². The second-order valence-corrected chi connectivity index (χ2v) is 4.59. The topological polar surface area (TPSA) is 64.4 Å². The maximum Gasteiger partial charge on any atom is 0.422 e. The summed E-state index contributed by atoms with van der Waals surface area (Å²) in [6.45, 7) is -1.40. The minimum absolute atomic E-state index is 0.000440. The second kappa shape index (κ2) is 4.43. The highest BCUT2D eigenvalue weighted by Gasteiger charge is 2.31. The summed E-state index contributed by atoms with van der Waals surface area (Å²) < 4.78 is 41.1. The first-order valence-corrected chi connectivity index (χ1v) is 5.66. The summed E-state index contributed by atoms with van der Waals surface area (Å²) >= 11 is 3.08. The molecule has 2 rings (SSSR count). The van der Waals surface area contributed by atoms with E-state index in [-0.39, 0.29) is 5.75 Å². The number of amides is 1. The average molecular weight is 325 g/mol. The Hall–Kier alpha value is -1.28. The first-order valence-electron chi connectivity index (χ1n) is 4.87. The standard InChI is InChI=1S/C10H8BrF3N2O2/c11-5-1-4-6(16-9(17)8(4)15)2-7(5)18-3-10(12,13)14/h1-2,8H,3,15H2,(H,16,17). The quantitative estimate of drug-likeness (QED) is 0.877. The van der Waals surface area contributed by atoms with Gasteiger partial charge in [0, 0.05) is 17.3 Å². The number of nitrogens with two attached hydrogens (primary N) is 1. The Bertz CT molecular complexity index is 505. The predicted molar refractivity (Wildman–Crippen MR) is 61.3 cm³/mol. The second-order valence-electron chi connectivity index (χ2n) is 3.74. The number of hydrogen-bond acceptors (Lipinski definition) is 3. The molecule has 8 heteroatoms. The fraction of sp³-hybridized carbons (Fsp3) is 0.300. The monoisotopic (exact) mass is 324 g/mol. The molecule has 0 radical (unpaired) electrons. The molecule has 1 aromatic rings. The van der Waals surface area contributed by atoms with Gasteiger partial charge in [-0.25, -0.2) is 0 Å². The third-order valence-corrected chi connectivity index (χ3v) is 2.99. The van der Waals surface area contributed by atoms with E-state index in [2.05, 4.69) is 26.0 Å². The van der Waals surface area contributed by atoms with Crippen molar-refractivity contribution in [3.8, 4) is 5.75 Å². The highest BCUT2D eigenvalue weighted by Crippen LogP contribution is 2.38. The summed E-state index contributed by atoms with van der Waals surface area (Å²) in [7, 11) is 0. The number of nitrogens with one attached hydrogen (secondary N) is 1. The number of alkyl halides is 3.